The molecular formula is C25H29ClO7. The number of halogens is 1. The van der Waals surface area contributed by atoms with Gasteiger partial charge in [-0.25, -0.2) is 0 Å². The molecule has 1 heterocycles. The maximum atomic E-state index is 13.9. The lowest BCUT2D eigenvalue weighted by molar-refractivity contribution is -0.138. The minimum absolute atomic E-state index is 0.0620. The average Bonchev–Trinajstić information content (AvgIpc) is 3.13. The van der Waals surface area contributed by atoms with E-state index in [2.05, 4.69) is 0 Å². The van der Waals surface area contributed by atoms with Gasteiger partial charge in [-0.1, -0.05) is 42.8 Å². The third-order valence-corrected chi connectivity index (χ3v) is 6.58. The number of Topliss-reactive ketones (excluding diaryl/α,β-unsaturated/α-hetero) is 1. The fourth-order valence-electron chi connectivity index (χ4n) is 3.96. The standard InChI is InChI=1S/C25H29ClO7/c1-14-10-19(28)11-20(32-13-18-8-6-17(12-27)7-9-18)25(14)24(29)21(15(2)30-4)23(33-25)22(26)16(3)31-5/h6-9,11,14,16,27H,10,12-13H2,1-5H3/b21-15-,23-22-/t14-,16?,25+/m1/s1. The van der Waals surface area contributed by atoms with Crippen LogP contribution in [0.25, 0.3) is 0 Å². The lowest BCUT2D eigenvalue weighted by Crippen LogP contribution is -2.48. The highest BCUT2D eigenvalue weighted by atomic mass is 35.5. The topological polar surface area (TPSA) is 91.3 Å². The minimum atomic E-state index is -1.54. The number of rotatable bonds is 7. The number of ether oxygens (including phenoxy) is 4. The van der Waals surface area contributed by atoms with Crippen LogP contribution in [0.5, 0.6) is 0 Å². The Morgan fingerprint density at radius 3 is 2.45 bits per heavy atom. The Kier molecular flexibility index (Phi) is 7.67. The van der Waals surface area contributed by atoms with Gasteiger partial charge in [-0.05, 0) is 25.0 Å². The van der Waals surface area contributed by atoms with E-state index in [4.69, 9.17) is 30.5 Å². The van der Waals surface area contributed by atoms with E-state index in [9.17, 15) is 14.7 Å². The second-order valence-electron chi connectivity index (χ2n) is 8.20. The molecule has 0 bridgehead atoms. The summed E-state index contributed by atoms with van der Waals surface area (Å²) < 4.78 is 23.1. The smallest absolute Gasteiger partial charge is 0.231 e. The Labute approximate surface area is 198 Å². The van der Waals surface area contributed by atoms with Gasteiger partial charge in [0, 0.05) is 25.5 Å². The summed E-state index contributed by atoms with van der Waals surface area (Å²) >= 11 is 6.57. The van der Waals surface area contributed by atoms with Crippen molar-refractivity contribution >= 4 is 23.2 Å². The number of allylic oxidation sites excluding steroid dienone is 3. The fourth-order valence-corrected chi connectivity index (χ4v) is 4.19. The van der Waals surface area contributed by atoms with Crippen molar-refractivity contribution in [2.75, 3.05) is 14.2 Å². The number of aliphatic hydroxyl groups is 1. The Morgan fingerprint density at radius 2 is 1.88 bits per heavy atom. The van der Waals surface area contributed by atoms with Gasteiger partial charge in [-0.3, -0.25) is 9.59 Å². The van der Waals surface area contributed by atoms with Crippen molar-refractivity contribution < 1.29 is 33.6 Å². The summed E-state index contributed by atoms with van der Waals surface area (Å²) in [7, 11) is 2.97. The number of methoxy groups -OCH3 is 2. The van der Waals surface area contributed by atoms with E-state index >= 15 is 0 Å². The van der Waals surface area contributed by atoms with Crippen LogP contribution in [0.15, 0.2) is 58.2 Å². The van der Waals surface area contributed by atoms with E-state index in [-0.39, 0.29) is 53.3 Å². The highest BCUT2D eigenvalue weighted by Gasteiger charge is 2.61. The lowest BCUT2D eigenvalue weighted by Gasteiger charge is -2.36. The van der Waals surface area contributed by atoms with Crippen LogP contribution in [0.3, 0.4) is 0 Å². The first-order chi connectivity index (χ1) is 15.7. The maximum absolute atomic E-state index is 13.9. The van der Waals surface area contributed by atoms with Crippen LogP contribution >= 0.6 is 11.6 Å². The molecule has 1 fully saturated rings. The number of hydrogen-bond donors (Lipinski definition) is 1. The van der Waals surface area contributed by atoms with Gasteiger partial charge in [0.05, 0.1) is 24.9 Å². The average molecular weight is 477 g/mol. The predicted octanol–water partition coefficient (Wildman–Crippen LogP) is 3.93. The molecule has 0 aromatic heterocycles. The fraction of sp³-hybridized carbons (Fsp3) is 0.440. The predicted molar refractivity (Wildman–Crippen MR) is 122 cm³/mol. The van der Waals surface area contributed by atoms with E-state index in [1.54, 1.807) is 32.9 Å². The van der Waals surface area contributed by atoms with Crippen molar-refractivity contribution in [3.8, 4) is 0 Å². The molecule has 1 aromatic carbocycles. The number of carbonyl (C=O) groups is 2. The van der Waals surface area contributed by atoms with E-state index < -0.39 is 17.6 Å². The van der Waals surface area contributed by atoms with Crippen LogP contribution in [-0.2, 0) is 41.8 Å². The first-order valence-electron chi connectivity index (χ1n) is 10.7. The Morgan fingerprint density at radius 1 is 1.24 bits per heavy atom. The monoisotopic (exact) mass is 476 g/mol. The molecular weight excluding hydrogens is 448 g/mol. The summed E-state index contributed by atoms with van der Waals surface area (Å²) in [4.78, 5) is 26.3. The van der Waals surface area contributed by atoms with E-state index in [1.807, 2.05) is 12.1 Å². The highest BCUT2D eigenvalue weighted by Crippen LogP contribution is 2.50. The van der Waals surface area contributed by atoms with Crippen molar-refractivity contribution in [1.82, 2.24) is 0 Å². The van der Waals surface area contributed by atoms with Crippen molar-refractivity contribution in [1.29, 1.82) is 0 Å². The third kappa shape index (κ3) is 4.58. The molecule has 1 saturated heterocycles. The molecule has 1 unspecified atom stereocenters. The first-order valence-corrected chi connectivity index (χ1v) is 11.0. The van der Waals surface area contributed by atoms with Crippen LogP contribution in [0.1, 0.15) is 38.3 Å². The highest BCUT2D eigenvalue weighted by molar-refractivity contribution is 6.31. The number of hydrogen-bond acceptors (Lipinski definition) is 7. The molecule has 178 valence electrons. The molecule has 1 aliphatic carbocycles. The van der Waals surface area contributed by atoms with Gasteiger partial charge >= 0.3 is 0 Å². The van der Waals surface area contributed by atoms with Crippen molar-refractivity contribution in [3.05, 3.63) is 69.4 Å². The molecule has 3 rings (SSSR count). The summed E-state index contributed by atoms with van der Waals surface area (Å²) in [5, 5.41) is 9.45. The molecule has 0 radical (unpaired) electrons. The van der Waals surface area contributed by atoms with Gasteiger partial charge in [0.25, 0.3) is 0 Å². The Hall–Kier alpha value is -2.61. The molecule has 1 N–H and O–H groups in total. The summed E-state index contributed by atoms with van der Waals surface area (Å²) in [6.45, 7) is 5.22. The van der Waals surface area contributed by atoms with Gasteiger partial charge in [0.15, 0.2) is 17.3 Å². The maximum Gasteiger partial charge on any atom is 0.231 e. The molecule has 33 heavy (non-hydrogen) atoms. The van der Waals surface area contributed by atoms with Gasteiger partial charge < -0.3 is 24.1 Å². The summed E-state index contributed by atoms with van der Waals surface area (Å²) in [5.74, 6) is -0.394. The van der Waals surface area contributed by atoms with Crippen LogP contribution in [0.2, 0.25) is 0 Å². The number of carbonyl (C=O) groups excluding carboxylic acids is 2. The van der Waals surface area contributed by atoms with E-state index in [0.29, 0.717) is 5.76 Å². The molecule has 1 aromatic rings. The van der Waals surface area contributed by atoms with Crippen molar-refractivity contribution in [2.24, 2.45) is 5.92 Å². The van der Waals surface area contributed by atoms with Crippen molar-refractivity contribution in [3.63, 3.8) is 0 Å². The van der Waals surface area contributed by atoms with Crippen LogP contribution in [-0.4, -0.2) is 42.6 Å². The summed E-state index contributed by atoms with van der Waals surface area (Å²) in [5.41, 5.74) is 0.239. The second kappa shape index (κ2) is 10.1. The van der Waals surface area contributed by atoms with Crippen molar-refractivity contribution in [2.45, 2.75) is 52.1 Å². The van der Waals surface area contributed by atoms with Gasteiger partial charge in [0.2, 0.25) is 11.4 Å². The zero-order valence-corrected chi connectivity index (χ0v) is 20.2. The normalized spacial score (nSPS) is 26.6. The zero-order chi connectivity index (χ0) is 24.3. The van der Waals surface area contributed by atoms with Crippen LogP contribution in [0, 0.1) is 5.92 Å². The van der Waals surface area contributed by atoms with Gasteiger partial charge in [-0.15, -0.1) is 0 Å². The van der Waals surface area contributed by atoms with E-state index in [1.165, 1.54) is 20.3 Å². The Balaban J connectivity index is 2.07. The molecule has 1 spiro atoms. The SMILES string of the molecule is CO/C(C)=C1\C(=O)[C@@]2(O\C1=C(/Cl)C(C)OC)C(OCc1ccc(CO)cc1)=CC(=O)C[C@H]2C. The van der Waals surface area contributed by atoms with E-state index in [0.717, 1.165) is 11.1 Å². The van der Waals surface area contributed by atoms with Gasteiger partial charge in [0.1, 0.15) is 17.9 Å². The summed E-state index contributed by atoms with van der Waals surface area (Å²) in [6, 6.07) is 7.19. The molecule has 0 saturated carbocycles. The third-order valence-electron chi connectivity index (χ3n) is 6.10. The molecule has 2 aliphatic rings. The van der Waals surface area contributed by atoms with Gasteiger partial charge in [-0.2, -0.15) is 0 Å². The zero-order valence-electron chi connectivity index (χ0n) is 19.4. The molecule has 3 atom stereocenters. The molecule has 7 nitrogen and oxygen atoms in total. The molecule has 1 aliphatic heterocycles. The second-order valence-corrected chi connectivity index (χ2v) is 8.61. The quantitative estimate of drug-likeness (QED) is 0.471. The number of benzene rings is 1. The van der Waals surface area contributed by atoms with Crippen LogP contribution in [0.4, 0.5) is 0 Å². The lowest BCUT2D eigenvalue weighted by atomic mass is 9.75. The molecule has 8 heteroatoms. The van der Waals surface area contributed by atoms with Crippen LogP contribution < -0.4 is 0 Å². The summed E-state index contributed by atoms with van der Waals surface area (Å²) in [6.07, 6.45) is 0.924. The minimum Gasteiger partial charge on any atom is -0.500 e. The largest absolute Gasteiger partial charge is 0.500 e. The number of ketones is 2. The molecule has 0 amide bonds. The first kappa shape index (κ1) is 25.0. The Bertz CT molecular complexity index is 1020. The number of aliphatic hydroxyl groups excluding tert-OH is 1.